The van der Waals surface area contributed by atoms with Crippen molar-refractivity contribution in [2.45, 2.75) is 26.3 Å². The van der Waals surface area contributed by atoms with Gasteiger partial charge in [-0.15, -0.1) is 0 Å². The highest BCUT2D eigenvalue weighted by molar-refractivity contribution is 9.10. The second-order valence-electron chi connectivity index (χ2n) is 5.49. The molecular formula is C19H25BrN2O3. The number of aromatic nitrogens is 1. The van der Waals surface area contributed by atoms with Crippen molar-refractivity contribution in [3.63, 3.8) is 0 Å². The number of hydrogen-bond acceptors (Lipinski definition) is 5. The maximum Gasteiger partial charge on any atom is 0.213 e. The van der Waals surface area contributed by atoms with Gasteiger partial charge in [0.25, 0.3) is 0 Å². The molecule has 0 atom stereocenters. The molecule has 0 saturated heterocycles. The van der Waals surface area contributed by atoms with Gasteiger partial charge in [-0.3, -0.25) is 0 Å². The van der Waals surface area contributed by atoms with Gasteiger partial charge in [0.2, 0.25) is 5.88 Å². The lowest BCUT2D eigenvalue weighted by Gasteiger charge is -2.16. The molecule has 136 valence electrons. The Kier molecular flexibility index (Phi) is 8.55. The van der Waals surface area contributed by atoms with Gasteiger partial charge in [0.15, 0.2) is 11.5 Å². The minimum atomic E-state index is 0.630. The summed E-state index contributed by atoms with van der Waals surface area (Å²) in [6, 6.07) is 9.64. The van der Waals surface area contributed by atoms with Gasteiger partial charge in [-0.1, -0.05) is 28.9 Å². The van der Waals surface area contributed by atoms with Crippen molar-refractivity contribution in [2.75, 3.05) is 26.9 Å². The van der Waals surface area contributed by atoms with E-state index in [9.17, 15) is 0 Å². The molecule has 0 fully saturated rings. The van der Waals surface area contributed by atoms with Crippen molar-refractivity contribution < 1.29 is 14.2 Å². The van der Waals surface area contributed by atoms with Crippen molar-refractivity contribution in [3.8, 4) is 17.4 Å². The summed E-state index contributed by atoms with van der Waals surface area (Å²) in [5.41, 5.74) is 1.07. The number of nitrogens with zero attached hydrogens (tertiary/aromatic N) is 1. The Balaban J connectivity index is 1.81. The third-order valence-electron chi connectivity index (χ3n) is 3.47. The Morgan fingerprint density at radius 3 is 2.76 bits per heavy atom. The molecule has 0 amide bonds. The van der Waals surface area contributed by atoms with Crippen LogP contribution >= 0.6 is 15.9 Å². The van der Waals surface area contributed by atoms with Crippen LogP contribution in [0, 0.1) is 0 Å². The standard InChI is InChI=1S/C19H25BrN2O3/c1-3-10-25-19-15(12-16(20)13-17(19)23-2)14-21-8-6-11-24-18-7-4-5-9-22-18/h4-5,7,9,12-13,21H,3,6,8,10-11,14H2,1-2H3. The molecule has 25 heavy (non-hydrogen) atoms. The maximum absolute atomic E-state index is 5.88. The molecule has 1 aromatic heterocycles. The SMILES string of the molecule is CCCOc1c(CNCCCOc2ccccn2)cc(Br)cc1OC. The van der Waals surface area contributed by atoms with E-state index in [1.807, 2.05) is 24.3 Å². The first-order valence-corrected chi connectivity index (χ1v) is 9.27. The van der Waals surface area contributed by atoms with Crippen molar-refractivity contribution in [1.29, 1.82) is 0 Å². The van der Waals surface area contributed by atoms with Crippen molar-refractivity contribution >= 4 is 15.9 Å². The molecule has 0 unspecified atom stereocenters. The topological polar surface area (TPSA) is 52.6 Å². The van der Waals surface area contributed by atoms with Crippen LogP contribution in [0.25, 0.3) is 0 Å². The normalized spacial score (nSPS) is 10.5. The summed E-state index contributed by atoms with van der Waals surface area (Å²) in [6.45, 7) is 4.94. The Hall–Kier alpha value is -1.79. The van der Waals surface area contributed by atoms with Crippen LogP contribution in [0.2, 0.25) is 0 Å². The molecule has 0 radical (unpaired) electrons. The van der Waals surface area contributed by atoms with E-state index >= 15 is 0 Å². The number of methoxy groups -OCH3 is 1. The molecule has 0 aliphatic rings. The Bertz CT molecular complexity index is 638. The van der Waals surface area contributed by atoms with Gasteiger partial charge in [-0.05, 0) is 37.6 Å². The highest BCUT2D eigenvalue weighted by atomic mass is 79.9. The Labute approximate surface area is 157 Å². The van der Waals surface area contributed by atoms with Gasteiger partial charge in [-0.2, -0.15) is 0 Å². The second kappa shape index (κ2) is 10.9. The number of rotatable bonds is 11. The minimum Gasteiger partial charge on any atom is -0.493 e. The van der Waals surface area contributed by atoms with E-state index in [0.29, 0.717) is 25.6 Å². The van der Waals surface area contributed by atoms with Gasteiger partial charge < -0.3 is 19.5 Å². The van der Waals surface area contributed by atoms with Gasteiger partial charge in [-0.25, -0.2) is 4.98 Å². The molecule has 2 aromatic rings. The number of benzene rings is 1. The molecule has 0 bridgehead atoms. The average molecular weight is 409 g/mol. The fourth-order valence-electron chi connectivity index (χ4n) is 2.30. The van der Waals surface area contributed by atoms with Gasteiger partial charge >= 0.3 is 0 Å². The van der Waals surface area contributed by atoms with E-state index in [1.165, 1.54) is 0 Å². The van der Waals surface area contributed by atoms with Gasteiger partial charge in [0, 0.05) is 28.8 Å². The number of nitrogens with one attached hydrogen (secondary N) is 1. The maximum atomic E-state index is 5.88. The molecule has 6 heteroatoms. The summed E-state index contributed by atoms with van der Waals surface area (Å²) < 4.78 is 17.9. The fraction of sp³-hybridized carbons (Fsp3) is 0.421. The zero-order chi connectivity index (χ0) is 17.9. The molecule has 0 spiro atoms. The highest BCUT2D eigenvalue weighted by Gasteiger charge is 2.12. The van der Waals surface area contributed by atoms with E-state index in [-0.39, 0.29) is 0 Å². The molecular weight excluding hydrogens is 384 g/mol. The predicted molar refractivity (Wildman–Crippen MR) is 103 cm³/mol. The Morgan fingerprint density at radius 2 is 2.04 bits per heavy atom. The van der Waals surface area contributed by atoms with Crippen molar-refractivity contribution in [2.24, 2.45) is 0 Å². The third-order valence-corrected chi connectivity index (χ3v) is 3.93. The number of hydrogen-bond donors (Lipinski definition) is 1. The summed E-state index contributed by atoms with van der Waals surface area (Å²) in [5, 5.41) is 3.43. The van der Waals surface area contributed by atoms with E-state index < -0.39 is 0 Å². The lowest BCUT2D eigenvalue weighted by molar-refractivity contribution is 0.288. The summed E-state index contributed by atoms with van der Waals surface area (Å²) in [5.74, 6) is 2.22. The fourth-order valence-corrected chi connectivity index (χ4v) is 2.79. The van der Waals surface area contributed by atoms with Crippen LogP contribution in [0.5, 0.6) is 17.4 Å². The van der Waals surface area contributed by atoms with Crippen molar-refractivity contribution in [1.82, 2.24) is 10.3 Å². The molecule has 0 aliphatic heterocycles. The zero-order valence-electron chi connectivity index (χ0n) is 14.8. The van der Waals surface area contributed by atoms with E-state index in [2.05, 4.69) is 39.2 Å². The minimum absolute atomic E-state index is 0.630. The molecule has 0 aliphatic carbocycles. The molecule has 1 heterocycles. The van der Waals surface area contributed by atoms with E-state index in [1.54, 1.807) is 13.3 Å². The van der Waals surface area contributed by atoms with Crippen LogP contribution in [0.15, 0.2) is 41.0 Å². The van der Waals surface area contributed by atoms with Crippen LogP contribution in [0.3, 0.4) is 0 Å². The van der Waals surface area contributed by atoms with E-state index in [4.69, 9.17) is 14.2 Å². The van der Waals surface area contributed by atoms with Crippen LogP contribution in [0.1, 0.15) is 25.3 Å². The van der Waals surface area contributed by atoms with Crippen molar-refractivity contribution in [3.05, 3.63) is 46.6 Å². The van der Waals surface area contributed by atoms with Crippen LogP contribution in [-0.2, 0) is 6.54 Å². The monoisotopic (exact) mass is 408 g/mol. The van der Waals surface area contributed by atoms with Gasteiger partial charge in [0.1, 0.15) is 0 Å². The first-order chi connectivity index (χ1) is 12.2. The van der Waals surface area contributed by atoms with Crippen LogP contribution in [-0.4, -0.2) is 31.9 Å². The van der Waals surface area contributed by atoms with Gasteiger partial charge in [0.05, 0.1) is 20.3 Å². The first kappa shape index (κ1) is 19.5. The molecule has 1 aromatic carbocycles. The quantitative estimate of drug-likeness (QED) is 0.564. The summed E-state index contributed by atoms with van der Waals surface area (Å²) >= 11 is 3.53. The molecule has 1 N–H and O–H groups in total. The highest BCUT2D eigenvalue weighted by Crippen LogP contribution is 2.35. The Morgan fingerprint density at radius 1 is 1.16 bits per heavy atom. The van der Waals surface area contributed by atoms with Crippen LogP contribution < -0.4 is 19.5 Å². The van der Waals surface area contributed by atoms with Crippen LogP contribution in [0.4, 0.5) is 0 Å². The lowest BCUT2D eigenvalue weighted by atomic mass is 10.2. The largest absolute Gasteiger partial charge is 0.493 e. The zero-order valence-corrected chi connectivity index (χ0v) is 16.3. The first-order valence-electron chi connectivity index (χ1n) is 8.48. The average Bonchev–Trinajstić information content (AvgIpc) is 2.64. The summed E-state index contributed by atoms with van der Waals surface area (Å²) in [7, 11) is 1.66. The molecule has 5 nitrogen and oxygen atoms in total. The smallest absolute Gasteiger partial charge is 0.213 e. The third kappa shape index (κ3) is 6.55. The summed E-state index contributed by atoms with van der Waals surface area (Å²) in [4.78, 5) is 4.13. The lowest BCUT2D eigenvalue weighted by Crippen LogP contribution is -2.18. The second-order valence-corrected chi connectivity index (χ2v) is 6.41. The summed E-state index contributed by atoms with van der Waals surface area (Å²) in [6.07, 6.45) is 3.58. The van der Waals surface area contributed by atoms with E-state index in [0.717, 1.165) is 40.9 Å². The molecule has 0 saturated carbocycles. The number of halogens is 1. The predicted octanol–water partition coefficient (Wildman–Crippen LogP) is 4.20. The molecule has 2 rings (SSSR count). The number of ether oxygens (including phenoxy) is 3. The number of pyridine rings is 1.